The van der Waals surface area contributed by atoms with Gasteiger partial charge < -0.3 is 92.4 Å². The number of halogens is 2. The van der Waals surface area contributed by atoms with Crippen LogP contribution in [0, 0.1) is 29.4 Å². The number of fused-ring (bicyclic) bond motifs is 2. The first-order valence-electron chi connectivity index (χ1n) is 46.8. The topological polar surface area (TPSA) is 261 Å². The number of hydrogen-bond donors (Lipinski definition) is 4. The number of hydrogen-bond acceptors (Lipinski definition) is 25. The zero-order chi connectivity index (χ0) is 94.5. The normalized spacial score (nSPS) is 22.6. The van der Waals surface area contributed by atoms with Crippen LogP contribution in [0.3, 0.4) is 0 Å². The summed E-state index contributed by atoms with van der Waals surface area (Å²) < 4.78 is 102. The molecular formula is C106H145F2N3O18S4. The molecule has 13 atom stereocenters. The Hall–Kier alpha value is -7.01. The van der Waals surface area contributed by atoms with Gasteiger partial charge in [0.15, 0.2) is 0 Å². The van der Waals surface area contributed by atoms with E-state index in [1.165, 1.54) is 65.0 Å². The summed E-state index contributed by atoms with van der Waals surface area (Å²) in [6.07, 6.45) is 18.6. The van der Waals surface area contributed by atoms with E-state index in [2.05, 4.69) is 91.7 Å². The Morgan fingerprint density at radius 1 is 0.504 bits per heavy atom. The predicted octanol–water partition coefficient (Wildman–Crippen LogP) is 20.0. The van der Waals surface area contributed by atoms with Crippen molar-refractivity contribution in [3.05, 3.63) is 289 Å². The fraction of sp³-hybridized carbons (Fsp3) is 0.519. The van der Waals surface area contributed by atoms with Gasteiger partial charge in [0.05, 0.1) is 201 Å². The van der Waals surface area contributed by atoms with Crippen LogP contribution in [0.25, 0.3) is 0 Å². The number of epoxide rings is 1. The van der Waals surface area contributed by atoms with Crippen LogP contribution in [0.4, 0.5) is 8.78 Å². The second-order valence-electron chi connectivity index (χ2n) is 33.3. The molecule has 0 spiro atoms. The molecule has 0 saturated carbocycles. The molecule has 0 bridgehead atoms. The maximum absolute atomic E-state index is 14.1. The number of carbonyl (C=O) groups excluding carboxylic acids is 1. The smallest absolute Gasteiger partial charge is 0.128 e. The highest BCUT2D eigenvalue weighted by atomic mass is 32.2. The van der Waals surface area contributed by atoms with Gasteiger partial charge in [0.2, 0.25) is 0 Å². The molecule has 0 aromatic heterocycles. The third-order valence-corrected chi connectivity index (χ3v) is 29.0. The van der Waals surface area contributed by atoms with Crippen LogP contribution in [0.5, 0.6) is 0 Å². The molecule has 0 unspecified atom stereocenters. The molecule has 15 rings (SSSR count). The molecule has 7 aromatic carbocycles. The number of ether oxygens (including phenoxy) is 13. The third-order valence-electron chi connectivity index (χ3n) is 23.0. The minimum atomic E-state index is -0.848. The van der Waals surface area contributed by atoms with Crippen molar-refractivity contribution >= 4 is 65.3 Å². The van der Waals surface area contributed by atoms with Crippen LogP contribution in [-0.4, -0.2) is 220 Å². The molecule has 133 heavy (non-hydrogen) atoms. The fourth-order valence-electron chi connectivity index (χ4n) is 15.4. The summed E-state index contributed by atoms with van der Waals surface area (Å²) in [6.45, 7) is 29.0. The summed E-state index contributed by atoms with van der Waals surface area (Å²) >= 11 is 8.05. The van der Waals surface area contributed by atoms with E-state index in [0.717, 1.165) is 99.9 Å². The first-order valence-corrected chi connectivity index (χ1v) is 51.0. The first-order chi connectivity index (χ1) is 65.2. The van der Waals surface area contributed by atoms with Crippen LogP contribution in [0.2, 0.25) is 0 Å². The van der Waals surface area contributed by atoms with Gasteiger partial charge in [0, 0.05) is 48.3 Å². The molecule has 730 valence electrons. The second kappa shape index (κ2) is 67.3. The van der Waals surface area contributed by atoms with Crippen LogP contribution >= 0.6 is 47.0 Å². The molecule has 7 saturated heterocycles. The summed E-state index contributed by atoms with van der Waals surface area (Å²) in [5.41, 5.74) is 13.7. The first kappa shape index (κ1) is 111. The number of oxime groups is 2. The number of rotatable bonds is 43. The number of aliphatic hydroxyl groups excluding tert-OH is 2. The number of aliphatic hydroxyl groups is 2. The summed E-state index contributed by atoms with van der Waals surface area (Å²) in [4.78, 5) is 15.4. The lowest BCUT2D eigenvalue weighted by Gasteiger charge is -2.44. The van der Waals surface area contributed by atoms with Gasteiger partial charge in [-0.05, 0) is 126 Å². The number of benzene rings is 7. The lowest BCUT2D eigenvalue weighted by molar-refractivity contribution is -0.111. The molecule has 8 heterocycles. The van der Waals surface area contributed by atoms with Crippen molar-refractivity contribution in [2.75, 3.05) is 129 Å². The minimum Gasteiger partial charge on any atom is -0.411 e. The average Bonchev–Trinajstić information content (AvgIpc) is 1.58. The summed E-state index contributed by atoms with van der Waals surface area (Å²) in [6, 6.07) is 64.0. The summed E-state index contributed by atoms with van der Waals surface area (Å²) in [5, 5.41) is 34.7. The monoisotopic (exact) mass is 1910 g/mol. The molecule has 27 heteroatoms. The Labute approximate surface area is 806 Å². The van der Waals surface area contributed by atoms with Gasteiger partial charge in [-0.15, -0.1) is 71.9 Å². The average molecular weight is 1920 g/mol. The van der Waals surface area contributed by atoms with E-state index in [4.69, 9.17) is 77.4 Å². The lowest BCUT2D eigenvalue weighted by Crippen LogP contribution is -2.54. The van der Waals surface area contributed by atoms with E-state index >= 15 is 0 Å². The molecule has 7 fully saturated rings. The summed E-state index contributed by atoms with van der Waals surface area (Å²) in [7, 11) is 0. The van der Waals surface area contributed by atoms with Crippen molar-refractivity contribution in [1.82, 2.24) is 0 Å². The highest BCUT2D eigenvalue weighted by Crippen LogP contribution is 2.47. The SMILES string of the molecule is C=CCO[C@@H](C/C=N\O)COCc1ccccc1.C=CCO[C@@H](CC=O)COCc1ccccc1.C=CCO[C@H](COCc1ccccc1)CC1SCCCS1.CC[C@H]1CC2=NOC[C@@H]2CO1.CC[C@H]1C[C@@](N)(c2ccccc2F)[C@H](CO)CO1.CC[C@H]1C[C@]2(c3ccccc3F)COC[C@@H]2CO1.O[C@H](COCc1ccccc1)CC1SCCCS1.c1ccc(COC[C@H]2CO2)cc1. The van der Waals surface area contributed by atoms with Crippen molar-refractivity contribution in [3.63, 3.8) is 0 Å². The van der Waals surface area contributed by atoms with Crippen molar-refractivity contribution in [3.8, 4) is 0 Å². The van der Waals surface area contributed by atoms with E-state index in [1.807, 2.05) is 176 Å². The van der Waals surface area contributed by atoms with Crippen molar-refractivity contribution < 1.29 is 95.4 Å². The standard InChI is InChI=1S/C17H24O2S2.C15H19FO2.C14H20FNO2.C14H19NO3.C14H18O3.C14H20O2S2.C10H12O2.C8H13NO2/c1-2-9-19-16(12-17-20-10-6-11-21-17)14-18-13-15-7-4-3-5-8-15;1-2-12-7-15(10-17-8-11(15)9-18-12)13-5-3-4-6-14(13)16;1-2-11-7-14(16,10(8-17)9-18-11)12-5-3-4-6-13(12)15;1-2-10-18-14(8-9-15-16)12-17-11-13-6-4-3-5-7-13;1-2-10-17-14(8-9-15)12-16-11-13-6-4-3-5-7-13;15-13(9-14-17-7-4-8-18-14)11-16-10-12-5-2-1-3-6-12;1-2-4-9(5-3-1)6-11-7-10-8-12-10;1-2-7-3-8-6(4-10-7)5-11-9-8/h2-5,7-8,16-17H,1,6,9-14H2;3-6,11-12H,2,7-10H2,1H3;3-6,10-11,17H,2,7-9,16H2,1H3;2-7,9,14,16H,1,8,10-12H2;2-7,9,14H,1,8,10-12H2;1-3,5-6,13-15H,4,7-11H2;1-5,10H,6-8H2;6-7H,2-5H2,1H3/b;;;15-9-;;;;/t16-;11-,12+,15+;10-,11+,14+;2*14-;13-;10-;6-,7-/m01100000/s1. The van der Waals surface area contributed by atoms with Crippen LogP contribution < -0.4 is 5.73 Å². The molecule has 8 aliphatic heterocycles. The van der Waals surface area contributed by atoms with Crippen molar-refractivity contribution in [1.29, 1.82) is 0 Å². The fourth-order valence-corrected chi connectivity index (χ4v) is 21.4. The molecule has 0 radical (unpaired) electrons. The second-order valence-corrected chi connectivity index (χ2v) is 39.2. The quantitative estimate of drug-likeness (QED) is 0.00691. The Morgan fingerprint density at radius 3 is 1.40 bits per heavy atom. The highest BCUT2D eigenvalue weighted by molar-refractivity contribution is 8.17. The maximum atomic E-state index is 14.1. The minimum absolute atomic E-state index is 0.0254. The number of nitrogens with two attached hydrogens (primary N) is 1. The van der Waals surface area contributed by atoms with Gasteiger partial charge in [0.25, 0.3) is 0 Å². The van der Waals surface area contributed by atoms with Gasteiger partial charge in [-0.25, -0.2) is 8.78 Å². The van der Waals surface area contributed by atoms with E-state index in [1.54, 1.807) is 42.5 Å². The molecule has 0 aliphatic carbocycles. The maximum Gasteiger partial charge on any atom is 0.128 e. The van der Waals surface area contributed by atoms with E-state index in [-0.39, 0.29) is 72.1 Å². The van der Waals surface area contributed by atoms with Gasteiger partial charge in [-0.2, -0.15) is 0 Å². The zero-order valence-electron chi connectivity index (χ0n) is 78.1. The molecular weight excluding hydrogens is 1770 g/mol. The lowest BCUT2D eigenvalue weighted by atomic mass is 9.67. The van der Waals surface area contributed by atoms with E-state index in [0.29, 0.717) is 158 Å². The van der Waals surface area contributed by atoms with Crippen molar-refractivity contribution in [2.24, 2.45) is 33.8 Å². The van der Waals surface area contributed by atoms with Gasteiger partial charge in [-0.1, -0.05) is 232 Å². The zero-order valence-corrected chi connectivity index (χ0v) is 81.3. The van der Waals surface area contributed by atoms with E-state index < -0.39 is 5.54 Å². The number of carbonyl (C=O) groups is 1. The Bertz CT molecular complexity index is 4250. The number of nitrogens with zero attached hydrogens (tertiary/aromatic N) is 2. The van der Waals surface area contributed by atoms with Crippen LogP contribution in [0.1, 0.15) is 137 Å². The molecule has 8 aliphatic rings. The molecule has 0 amide bonds. The largest absolute Gasteiger partial charge is 0.411 e. The highest BCUT2D eigenvalue weighted by Gasteiger charge is 2.51. The van der Waals surface area contributed by atoms with Crippen LogP contribution in [0.15, 0.2) is 248 Å². The summed E-state index contributed by atoms with van der Waals surface area (Å²) in [5.74, 6) is 5.07. The molecule has 5 N–H and O–H groups in total. The van der Waals surface area contributed by atoms with Crippen LogP contribution in [-0.2, 0) is 115 Å². The van der Waals surface area contributed by atoms with E-state index in [9.17, 15) is 23.8 Å². The van der Waals surface area contributed by atoms with Crippen molar-refractivity contribution in [2.45, 2.75) is 200 Å². The third kappa shape index (κ3) is 43.3. The number of aldehydes is 1. The van der Waals surface area contributed by atoms with Gasteiger partial charge in [0.1, 0.15) is 30.6 Å². The predicted molar refractivity (Wildman–Crippen MR) is 534 cm³/mol. The Balaban J connectivity index is 0.000000188. The van der Waals surface area contributed by atoms with Gasteiger partial charge in [-0.3, -0.25) is 0 Å². The number of thioether (sulfide) groups is 4. The Kier molecular flexibility index (Phi) is 56.3. The molecule has 21 nitrogen and oxygen atoms in total. The molecule has 7 aromatic rings. The Morgan fingerprint density at radius 2 is 0.932 bits per heavy atom. The van der Waals surface area contributed by atoms with Gasteiger partial charge >= 0.3 is 0 Å².